The second kappa shape index (κ2) is 27.2. The number of aryl methyl sites for hydroxylation is 3. The zero-order valence-electron chi connectivity index (χ0n) is 42.4. The van der Waals surface area contributed by atoms with Crippen molar-refractivity contribution >= 4 is 112 Å². The number of alkyl carbamates (subject to hydrolysis) is 1. The van der Waals surface area contributed by atoms with E-state index in [-0.39, 0.29) is 44.0 Å². The number of nitrogens with two attached hydrogens (primary N) is 1. The topological polar surface area (TPSA) is 292 Å². The summed E-state index contributed by atoms with van der Waals surface area (Å²) in [6, 6.07) is 17.4. The van der Waals surface area contributed by atoms with Crippen LogP contribution in [0.4, 0.5) is 4.79 Å². The van der Waals surface area contributed by atoms with Gasteiger partial charge in [-0.05, 0) is 105 Å². The second-order valence-corrected chi connectivity index (χ2v) is 21.0. The number of amides is 5. The summed E-state index contributed by atoms with van der Waals surface area (Å²) in [5.74, 6) is -3.71. The molecule has 24 heteroatoms. The first-order valence-electron chi connectivity index (χ1n) is 24.5. The fraction of sp³-hybridized carbons (Fsp3) is 0.340. The first-order chi connectivity index (χ1) is 37.0. The molecule has 2 saturated heterocycles. The minimum Gasteiger partial charge on any atom is -0.477 e. The normalized spacial score (nSPS) is 13.6. The van der Waals surface area contributed by atoms with Crippen molar-refractivity contribution in [2.45, 2.75) is 65.1 Å². The standard InChI is InChI=1S/C26H28N4O6S.C18H22N4O4S.C9H7NO2S/c1-17-9-10-27-19-13-21(37-23(17)19)24(32)28-14-20(25(33)35-16-22(31)30-11-5-6-12-30)29-26(34)36-15-18-7-3-2-4-8-18;1-11-4-5-20-13-8-14(27-16(11)13)17(24)21-9-12(19)18(25)26-10-15(23)22-6-2-3-7-22;1-5-2-3-10-6-4-7(9(11)12)13-8(5)6/h2-4,7-10,13,20H,5-6,11-12,14-16H2,1H3,(H,28,32)(H,29,34);4-5,8,12H,2-3,6-7,9-10,19H2,1H3,(H,21,24);2-4H,1H3,(H,11,12)/t20-;12-;/m11./s1. The fourth-order valence-electron chi connectivity index (χ4n) is 7.87. The van der Waals surface area contributed by atoms with Crippen molar-refractivity contribution in [1.82, 2.24) is 40.7 Å². The Balaban J connectivity index is 0.000000187. The van der Waals surface area contributed by atoms with Crippen LogP contribution in [0.3, 0.4) is 0 Å². The maximum Gasteiger partial charge on any atom is 0.408 e. The second-order valence-electron chi connectivity index (χ2n) is 17.8. The fourth-order valence-corrected chi connectivity index (χ4v) is 10.8. The first kappa shape index (κ1) is 56.8. The number of carbonyl (C=O) groups is 8. The summed E-state index contributed by atoms with van der Waals surface area (Å²) in [4.78, 5) is 114. The molecule has 0 saturated carbocycles. The highest BCUT2D eigenvalue weighted by Gasteiger charge is 2.28. The van der Waals surface area contributed by atoms with E-state index in [2.05, 4.69) is 30.9 Å². The molecule has 0 bridgehead atoms. The van der Waals surface area contributed by atoms with Crippen LogP contribution in [0.1, 0.15) is 77.0 Å². The summed E-state index contributed by atoms with van der Waals surface area (Å²) in [5, 5.41) is 16.5. The Hall–Kier alpha value is -7.93. The Morgan fingerprint density at radius 1 is 0.597 bits per heavy atom. The Morgan fingerprint density at radius 2 is 1.03 bits per heavy atom. The Bertz CT molecular complexity index is 3260. The number of ether oxygens (including phenoxy) is 3. The maximum absolute atomic E-state index is 12.8. The van der Waals surface area contributed by atoms with E-state index in [9.17, 15) is 38.4 Å². The number of aromatic nitrogens is 3. The van der Waals surface area contributed by atoms with Crippen LogP contribution < -0.4 is 21.7 Å². The van der Waals surface area contributed by atoms with Crippen LogP contribution in [0.25, 0.3) is 30.6 Å². The van der Waals surface area contributed by atoms with Gasteiger partial charge in [0.05, 0.1) is 40.4 Å². The van der Waals surface area contributed by atoms with Gasteiger partial charge in [-0.25, -0.2) is 14.4 Å². The van der Waals surface area contributed by atoms with Crippen LogP contribution in [0.15, 0.2) is 85.3 Å². The molecule has 21 nitrogen and oxygen atoms in total. The van der Waals surface area contributed by atoms with E-state index in [1.807, 2.05) is 57.2 Å². The summed E-state index contributed by atoms with van der Waals surface area (Å²) >= 11 is 3.90. The molecule has 2 aliphatic heterocycles. The van der Waals surface area contributed by atoms with Gasteiger partial charge in [-0.3, -0.25) is 38.9 Å². The van der Waals surface area contributed by atoms with Gasteiger partial charge in [0.2, 0.25) is 0 Å². The lowest BCUT2D eigenvalue weighted by Crippen LogP contribution is -2.49. The monoisotopic (exact) mass is 1110 g/mol. The van der Waals surface area contributed by atoms with E-state index in [0.29, 0.717) is 46.3 Å². The van der Waals surface area contributed by atoms with E-state index in [4.69, 9.17) is 25.1 Å². The van der Waals surface area contributed by atoms with Crippen molar-refractivity contribution in [2.24, 2.45) is 5.73 Å². The van der Waals surface area contributed by atoms with Crippen LogP contribution in [0.5, 0.6) is 0 Å². The third kappa shape index (κ3) is 15.8. The lowest BCUT2D eigenvalue weighted by atomic mass is 10.2. The zero-order valence-corrected chi connectivity index (χ0v) is 44.9. The van der Waals surface area contributed by atoms with Gasteiger partial charge in [-0.1, -0.05) is 30.3 Å². The van der Waals surface area contributed by atoms with Crippen LogP contribution in [-0.2, 0) is 40.0 Å². The third-order valence-corrected chi connectivity index (χ3v) is 15.9. The zero-order chi connectivity index (χ0) is 55.0. The van der Waals surface area contributed by atoms with E-state index in [1.54, 1.807) is 58.7 Å². The third-order valence-electron chi connectivity index (χ3n) is 12.1. The minimum atomic E-state index is -1.26. The molecule has 0 unspecified atom stereocenters. The molecule has 77 heavy (non-hydrogen) atoms. The van der Waals surface area contributed by atoms with Crippen molar-refractivity contribution < 1.29 is 57.7 Å². The van der Waals surface area contributed by atoms with Gasteiger partial charge in [-0.15, -0.1) is 34.0 Å². The van der Waals surface area contributed by atoms with Crippen molar-refractivity contribution in [3.63, 3.8) is 0 Å². The molecule has 8 heterocycles. The number of nitrogens with zero attached hydrogens (tertiary/aromatic N) is 5. The first-order valence-corrected chi connectivity index (χ1v) is 27.0. The largest absolute Gasteiger partial charge is 0.477 e. The van der Waals surface area contributed by atoms with Gasteiger partial charge in [0, 0.05) is 57.9 Å². The van der Waals surface area contributed by atoms with Gasteiger partial charge in [0.25, 0.3) is 23.6 Å². The molecule has 6 aromatic heterocycles. The number of esters is 2. The number of hydrogen-bond donors (Lipinski definition) is 5. The Labute approximate surface area is 454 Å². The van der Waals surface area contributed by atoms with Crippen LogP contribution in [0.2, 0.25) is 0 Å². The van der Waals surface area contributed by atoms with Gasteiger partial charge in [0.15, 0.2) is 13.2 Å². The van der Waals surface area contributed by atoms with Crippen molar-refractivity contribution in [2.75, 3.05) is 52.5 Å². The molecular formula is C53H57N9O12S3. The lowest BCUT2D eigenvalue weighted by Gasteiger charge is -2.19. The molecule has 2 atom stereocenters. The molecule has 9 rings (SSSR count). The number of aromatic carboxylic acids is 1. The van der Waals surface area contributed by atoms with E-state index in [0.717, 1.165) is 73.1 Å². The maximum atomic E-state index is 12.8. The number of carboxylic acid groups (broad SMARTS) is 1. The number of pyridine rings is 3. The number of fused-ring (bicyclic) bond motifs is 3. The van der Waals surface area contributed by atoms with E-state index >= 15 is 0 Å². The van der Waals surface area contributed by atoms with Crippen molar-refractivity contribution in [3.05, 3.63) is 122 Å². The quantitative estimate of drug-likeness (QED) is 0.0554. The predicted octanol–water partition coefficient (Wildman–Crippen LogP) is 5.93. The van der Waals surface area contributed by atoms with E-state index in [1.165, 1.54) is 34.0 Å². The van der Waals surface area contributed by atoms with Gasteiger partial charge < -0.3 is 50.8 Å². The van der Waals surface area contributed by atoms with Crippen molar-refractivity contribution in [3.8, 4) is 0 Å². The molecular weight excluding hydrogens is 1050 g/mol. The number of likely N-dealkylation sites (tertiary alicyclic amines) is 2. The molecule has 2 aliphatic rings. The smallest absolute Gasteiger partial charge is 0.408 e. The number of hydrogen-bond acceptors (Lipinski definition) is 18. The SMILES string of the molecule is Cc1ccnc2cc(C(=O)NC[C@@H](N)C(=O)OCC(=O)N3CCCC3)sc12.Cc1ccnc2cc(C(=O)NC[C@@H](NC(=O)OCc3ccccc3)C(=O)OCC(=O)N3CCCC3)sc12.Cc1ccnc2cc(C(=O)O)sc12. The molecule has 0 spiro atoms. The van der Waals surface area contributed by atoms with Crippen LogP contribution in [0, 0.1) is 20.8 Å². The molecule has 6 N–H and O–H groups in total. The average Bonchev–Trinajstić information content (AvgIpc) is 4.31. The van der Waals surface area contributed by atoms with Gasteiger partial charge >= 0.3 is 24.0 Å². The molecule has 1 aromatic carbocycles. The Kier molecular flexibility index (Phi) is 20.1. The Morgan fingerprint density at radius 3 is 1.48 bits per heavy atom. The average molecular weight is 1110 g/mol. The number of nitrogens with one attached hydrogen (secondary N) is 3. The molecule has 404 valence electrons. The highest BCUT2D eigenvalue weighted by atomic mass is 32.1. The molecule has 0 radical (unpaired) electrons. The number of carbonyl (C=O) groups excluding carboxylic acids is 7. The van der Waals surface area contributed by atoms with Gasteiger partial charge in [-0.2, -0.15) is 0 Å². The minimum absolute atomic E-state index is 0.00236. The number of thiophene rings is 3. The molecule has 0 aliphatic carbocycles. The summed E-state index contributed by atoms with van der Waals surface area (Å²) in [5.41, 5.74) is 11.9. The summed E-state index contributed by atoms with van der Waals surface area (Å²) in [6.07, 6.45) is 7.97. The molecule has 7 aromatic rings. The predicted molar refractivity (Wildman–Crippen MR) is 290 cm³/mol. The van der Waals surface area contributed by atoms with Crippen LogP contribution in [-0.4, -0.2) is 142 Å². The van der Waals surface area contributed by atoms with Crippen molar-refractivity contribution in [1.29, 1.82) is 0 Å². The molecule has 2 fully saturated rings. The summed E-state index contributed by atoms with van der Waals surface area (Å²) < 4.78 is 18.2. The van der Waals surface area contributed by atoms with Crippen LogP contribution >= 0.6 is 34.0 Å². The number of benzene rings is 1. The highest BCUT2D eigenvalue weighted by molar-refractivity contribution is 7.21. The van der Waals surface area contributed by atoms with Gasteiger partial charge in [0.1, 0.15) is 23.6 Å². The highest BCUT2D eigenvalue weighted by Crippen LogP contribution is 2.29. The number of carboxylic acids is 1. The lowest BCUT2D eigenvalue weighted by molar-refractivity contribution is -0.153. The van der Waals surface area contributed by atoms with E-state index < -0.39 is 48.6 Å². The number of rotatable bonds is 16. The molecule has 5 amide bonds. The summed E-state index contributed by atoms with van der Waals surface area (Å²) in [6.45, 7) is 7.41. The summed E-state index contributed by atoms with van der Waals surface area (Å²) in [7, 11) is 0.